The van der Waals surface area contributed by atoms with E-state index in [-0.39, 0.29) is 5.82 Å². The molecule has 3 heterocycles. The molecule has 1 aliphatic heterocycles. The first kappa shape index (κ1) is 17.9. The molecule has 2 aromatic heterocycles. The van der Waals surface area contributed by atoms with E-state index in [1.54, 1.807) is 31.1 Å². The maximum absolute atomic E-state index is 13.5. The molecule has 4 rings (SSSR count). The van der Waals surface area contributed by atoms with Crippen molar-refractivity contribution in [3.05, 3.63) is 54.1 Å². The molecule has 0 N–H and O–H groups in total. The van der Waals surface area contributed by atoms with Crippen LogP contribution < -0.4 is 4.74 Å². The normalized spacial score (nSPS) is 15.3. The average molecular weight is 384 g/mol. The Balaban J connectivity index is 1.51. The number of methoxy groups -OCH3 is 1. The summed E-state index contributed by atoms with van der Waals surface area (Å²) in [6.07, 6.45) is 5.86. The molecule has 0 amide bonds. The number of aliphatic imine (C=N–C) groups is 1. The number of ether oxygens (including phenoxy) is 1. The van der Waals surface area contributed by atoms with Gasteiger partial charge in [-0.05, 0) is 43.0 Å². The Kier molecular flexibility index (Phi) is 4.78. The van der Waals surface area contributed by atoms with Crippen LogP contribution in [0.2, 0.25) is 0 Å². The number of benzene rings is 1. The number of hydrogen-bond acceptors (Lipinski definition) is 4. The van der Waals surface area contributed by atoms with E-state index in [0.29, 0.717) is 11.9 Å². The van der Waals surface area contributed by atoms with Crippen LogP contribution in [0.3, 0.4) is 0 Å². The number of thioether (sulfide) groups is 1. The SMILES string of the molecule is COc1ccc(N=C(SC)N2CC(n3cc(C)c4cc(F)ccc43)C2)cn1. The lowest BCUT2D eigenvalue weighted by molar-refractivity contribution is 0.201. The highest BCUT2D eigenvalue weighted by molar-refractivity contribution is 8.13. The zero-order valence-electron chi connectivity index (χ0n) is 15.5. The van der Waals surface area contributed by atoms with Crippen LogP contribution in [-0.2, 0) is 0 Å². The van der Waals surface area contributed by atoms with Crippen LogP contribution in [0.5, 0.6) is 5.88 Å². The number of aryl methyl sites for hydroxylation is 1. The van der Waals surface area contributed by atoms with Gasteiger partial charge in [-0.3, -0.25) is 0 Å². The van der Waals surface area contributed by atoms with E-state index in [9.17, 15) is 4.39 Å². The monoisotopic (exact) mass is 384 g/mol. The van der Waals surface area contributed by atoms with Crippen LogP contribution in [0.15, 0.2) is 47.7 Å². The Morgan fingerprint density at radius 2 is 2.11 bits per heavy atom. The van der Waals surface area contributed by atoms with Crippen molar-refractivity contribution in [1.29, 1.82) is 0 Å². The summed E-state index contributed by atoms with van der Waals surface area (Å²) in [6.45, 7) is 3.79. The fourth-order valence-corrected chi connectivity index (χ4v) is 4.01. The van der Waals surface area contributed by atoms with Gasteiger partial charge in [-0.2, -0.15) is 0 Å². The molecule has 0 spiro atoms. The first-order valence-electron chi connectivity index (χ1n) is 8.73. The van der Waals surface area contributed by atoms with Crippen molar-refractivity contribution in [3.63, 3.8) is 0 Å². The second-order valence-corrected chi connectivity index (χ2v) is 7.37. The van der Waals surface area contributed by atoms with Crippen LogP contribution in [0.25, 0.3) is 10.9 Å². The van der Waals surface area contributed by atoms with Gasteiger partial charge in [0.05, 0.1) is 25.0 Å². The first-order chi connectivity index (χ1) is 13.1. The molecule has 1 saturated heterocycles. The molecule has 1 aliphatic rings. The standard InChI is InChI=1S/C20H21FN4OS/c1-13-10-25(18-6-4-14(21)8-17(13)18)16-11-24(12-16)20(27-3)23-15-5-7-19(26-2)22-9-15/h4-10,16H,11-12H2,1-3H3. The molecule has 0 bridgehead atoms. The van der Waals surface area contributed by atoms with E-state index in [1.807, 2.05) is 31.4 Å². The zero-order valence-corrected chi connectivity index (χ0v) is 16.3. The zero-order chi connectivity index (χ0) is 19.0. The van der Waals surface area contributed by atoms with Crippen molar-refractivity contribution < 1.29 is 9.13 Å². The number of fused-ring (bicyclic) bond motifs is 1. The Labute approximate surface area is 161 Å². The molecule has 140 valence electrons. The van der Waals surface area contributed by atoms with Crippen LogP contribution in [-0.4, -0.2) is 46.1 Å². The Morgan fingerprint density at radius 3 is 2.78 bits per heavy atom. The molecular formula is C20H21FN4OS. The Bertz CT molecular complexity index is 993. The predicted octanol–water partition coefficient (Wildman–Crippen LogP) is 4.40. The molecule has 0 atom stereocenters. The molecule has 0 aliphatic carbocycles. The summed E-state index contributed by atoms with van der Waals surface area (Å²) in [4.78, 5) is 11.2. The van der Waals surface area contributed by atoms with Gasteiger partial charge in [-0.15, -0.1) is 0 Å². The minimum atomic E-state index is -0.191. The van der Waals surface area contributed by atoms with Crippen molar-refractivity contribution in [2.45, 2.75) is 13.0 Å². The van der Waals surface area contributed by atoms with Crippen molar-refractivity contribution >= 4 is 33.5 Å². The van der Waals surface area contributed by atoms with Crippen LogP contribution in [0.4, 0.5) is 10.1 Å². The molecule has 0 unspecified atom stereocenters. The van der Waals surface area contributed by atoms with E-state index in [0.717, 1.165) is 40.4 Å². The summed E-state index contributed by atoms with van der Waals surface area (Å²) in [5.41, 5.74) is 2.99. The van der Waals surface area contributed by atoms with Gasteiger partial charge in [0.15, 0.2) is 5.17 Å². The van der Waals surface area contributed by atoms with Crippen LogP contribution in [0.1, 0.15) is 11.6 Å². The third-order valence-corrected chi connectivity index (χ3v) is 5.57. The summed E-state index contributed by atoms with van der Waals surface area (Å²) in [5, 5.41) is 1.95. The van der Waals surface area contributed by atoms with E-state index >= 15 is 0 Å². The molecule has 1 fully saturated rings. The Morgan fingerprint density at radius 1 is 1.30 bits per heavy atom. The van der Waals surface area contributed by atoms with Crippen molar-refractivity contribution in [2.75, 3.05) is 26.5 Å². The predicted molar refractivity (Wildman–Crippen MR) is 109 cm³/mol. The lowest BCUT2D eigenvalue weighted by Crippen LogP contribution is -2.49. The molecule has 0 radical (unpaired) electrons. The van der Waals surface area contributed by atoms with Crippen LogP contribution >= 0.6 is 11.8 Å². The fourth-order valence-electron chi connectivity index (χ4n) is 3.40. The lowest BCUT2D eigenvalue weighted by atomic mass is 10.1. The summed E-state index contributed by atoms with van der Waals surface area (Å²) in [7, 11) is 1.60. The largest absolute Gasteiger partial charge is 0.481 e. The maximum atomic E-state index is 13.5. The van der Waals surface area contributed by atoms with E-state index in [4.69, 9.17) is 9.73 Å². The number of halogens is 1. The summed E-state index contributed by atoms with van der Waals surface area (Å²) in [6, 6.07) is 9.08. The molecule has 3 aromatic rings. The van der Waals surface area contributed by atoms with Crippen molar-refractivity contribution in [3.8, 4) is 5.88 Å². The highest BCUT2D eigenvalue weighted by Crippen LogP contribution is 2.31. The number of hydrogen-bond donors (Lipinski definition) is 0. The quantitative estimate of drug-likeness (QED) is 0.496. The minimum absolute atomic E-state index is 0.191. The number of pyridine rings is 1. The third kappa shape index (κ3) is 3.39. The highest BCUT2D eigenvalue weighted by Gasteiger charge is 2.31. The lowest BCUT2D eigenvalue weighted by Gasteiger charge is -2.41. The van der Waals surface area contributed by atoms with E-state index < -0.39 is 0 Å². The molecular weight excluding hydrogens is 363 g/mol. The molecule has 1 aromatic carbocycles. The smallest absolute Gasteiger partial charge is 0.213 e. The first-order valence-corrected chi connectivity index (χ1v) is 9.96. The summed E-state index contributed by atoms with van der Waals surface area (Å²) >= 11 is 1.62. The number of aromatic nitrogens is 2. The second kappa shape index (κ2) is 7.23. The van der Waals surface area contributed by atoms with Gasteiger partial charge in [-0.1, -0.05) is 11.8 Å². The second-order valence-electron chi connectivity index (χ2n) is 6.60. The molecule has 0 saturated carbocycles. The number of nitrogens with zero attached hydrogens (tertiary/aromatic N) is 4. The fraction of sp³-hybridized carbons (Fsp3) is 0.300. The van der Waals surface area contributed by atoms with Gasteiger partial charge in [-0.25, -0.2) is 14.4 Å². The van der Waals surface area contributed by atoms with Crippen LogP contribution in [0, 0.1) is 12.7 Å². The summed E-state index contributed by atoms with van der Waals surface area (Å²) < 4.78 is 20.9. The molecule has 7 heteroatoms. The summed E-state index contributed by atoms with van der Waals surface area (Å²) in [5.74, 6) is 0.387. The number of rotatable bonds is 3. The van der Waals surface area contributed by atoms with Gasteiger partial charge < -0.3 is 14.2 Å². The molecule has 5 nitrogen and oxygen atoms in total. The van der Waals surface area contributed by atoms with E-state index in [1.165, 1.54) is 6.07 Å². The third-order valence-electron chi connectivity index (χ3n) is 4.86. The number of likely N-dealkylation sites (tertiary alicyclic amines) is 1. The van der Waals surface area contributed by atoms with E-state index in [2.05, 4.69) is 20.6 Å². The van der Waals surface area contributed by atoms with Gasteiger partial charge in [0, 0.05) is 36.3 Å². The number of amidine groups is 1. The van der Waals surface area contributed by atoms with Crippen molar-refractivity contribution in [2.24, 2.45) is 4.99 Å². The van der Waals surface area contributed by atoms with Crippen molar-refractivity contribution in [1.82, 2.24) is 14.5 Å². The van der Waals surface area contributed by atoms with Gasteiger partial charge in [0.1, 0.15) is 5.82 Å². The van der Waals surface area contributed by atoms with Gasteiger partial charge in [0.2, 0.25) is 5.88 Å². The van der Waals surface area contributed by atoms with Gasteiger partial charge in [0.25, 0.3) is 0 Å². The molecule has 27 heavy (non-hydrogen) atoms. The maximum Gasteiger partial charge on any atom is 0.213 e. The topological polar surface area (TPSA) is 42.6 Å². The Hall–Kier alpha value is -2.54. The van der Waals surface area contributed by atoms with Gasteiger partial charge >= 0.3 is 0 Å². The highest BCUT2D eigenvalue weighted by atomic mass is 32.2. The minimum Gasteiger partial charge on any atom is -0.481 e. The average Bonchev–Trinajstić information content (AvgIpc) is 2.96.